The number of benzene rings is 2. The molecule has 1 unspecified atom stereocenters. The summed E-state index contributed by atoms with van der Waals surface area (Å²) in [5, 5.41) is 6.65. The van der Waals surface area contributed by atoms with Crippen LogP contribution in [0, 0.1) is 0 Å². The van der Waals surface area contributed by atoms with Crippen molar-refractivity contribution in [2.24, 2.45) is 4.99 Å². The summed E-state index contributed by atoms with van der Waals surface area (Å²) >= 11 is 0. The van der Waals surface area contributed by atoms with Gasteiger partial charge in [0.1, 0.15) is 23.4 Å². The van der Waals surface area contributed by atoms with Crippen molar-refractivity contribution in [1.29, 1.82) is 0 Å². The van der Waals surface area contributed by atoms with Crippen molar-refractivity contribution >= 4 is 5.96 Å². The first-order chi connectivity index (χ1) is 13.1. The third-order valence-corrected chi connectivity index (χ3v) is 4.56. The third-order valence-electron chi connectivity index (χ3n) is 4.56. The molecule has 6 heteroatoms. The Morgan fingerprint density at radius 2 is 1.96 bits per heavy atom. The summed E-state index contributed by atoms with van der Waals surface area (Å²) in [6, 6.07) is 12.1. The predicted molar refractivity (Wildman–Crippen MR) is 107 cm³/mol. The fourth-order valence-electron chi connectivity index (χ4n) is 3.18. The molecule has 0 saturated carbocycles. The fourth-order valence-corrected chi connectivity index (χ4v) is 3.18. The number of rotatable bonds is 6. The molecule has 144 valence electrons. The summed E-state index contributed by atoms with van der Waals surface area (Å²) in [5.74, 6) is 3.37. The van der Waals surface area contributed by atoms with Gasteiger partial charge in [-0.05, 0) is 36.8 Å². The highest BCUT2D eigenvalue weighted by molar-refractivity contribution is 5.79. The largest absolute Gasteiger partial charge is 0.497 e. The number of ether oxygens (including phenoxy) is 3. The van der Waals surface area contributed by atoms with Gasteiger partial charge in [0, 0.05) is 37.7 Å². The molecule has 0 amide bonds. The van der Waals surface area contributed by atoms with Gasteiger partial charge in [-0.15, -0.1) is 0 Å². The number of aliphatic imine (C=N–C) groups is 1. The molecule has 3 rings (SSSR count). The zero-order chi connectivity index (χ0) is 19.2. The van der Waals surface area contributed by atoms with E-state index in [1.165, 1.54) is 5.56 Å². The molecule has 6 nitrogen and oxygen atoms in total. The fraction of sp³-hybridized carbons (Fsp3) is 0.381. The highest BCUT2D eigenvalue weighted by Gasteiger charge is 2.21. The van der Waals surface area contributed by atoms with E-state index in [9.17, 15) is 0 Å². The van der Waals surface area contributed by atoms with Crippen molar-refractivity contribution < 1.29 is 14.2 Å². The van der Waals surface area contributed by atoms with Crippen LogP contribution in [0.15, 0.2) is 41.4 Å². The lowest BCUT2D eigenvalue weighted by molar-refractivity contribution is 0.254. The number of methoxy groups -OCH3 is 2. The topological polar surface area (TPSA) is 64.1 Å². The second-order valence-corrected chi connectivity index (χ2v) is 6.54. The number of hydrogen-bond acceptors (Lipinski definition) is 4. The smallest absolute Gasteiger partial charge is 0.191 e. The van der Waals surface area contributed by atoms with Crippen LogP contribution in [-0.4, -0.2) is 33.3 Å². The molecule has 1 atom stereocenters. The van der Waals surface area contributed by atoms with Gasteiger partial charge >= 0.3 is 0 Å². The highest BCUT2D eigenvalue weighted by atomic mass is 16.5. The summed E-state index contributed by atoms with van der Waals surface area (Å²) in [4.78, 5) is 4.29. The number of guanidine groups is 1. The average molecular weight is 369 g/mol. The third kappa shape index (κ3) is 4.64. The van der Waals surface area contributed by atoms with Crippen molar-refractivity contribution in [3.63, 3.8) is 0 Å². The molecule has 2 aromatic carbocycles. The summed E-state index contributed by atoms with van der Waals surface area (Å²) in [5.41, 5.74) is 3.35. The van der Waals surface area contributed by atoms with E-state index in [0.29, 0.717) is 13.1 Å². The minimum absolute atomic E-state index is 0.213. The van der Waals surface area contributed by atoms with Crippen LogP contribution < -0.4 is 24.8 Å². The number of hydrogen-bond donors (Lipinski definition) is 2. The van der Waals surface area contributed by atoms with E-state index >= 15 is 0 Å². The Labute approximate surface area is 160 Å². The monoisotopic (exact) mass is 369 g/mol. The second kappa shape index (κ2) is 8.66. The zero-order valence-corrected chi connectivity index (χ0v) is 16.3. The maximum Gasteiger partial charge on any atom is 0.191 e. The molecule has 0 radical (unpaired) electrons. The van der Waals surface area contributed by atoms with Crippen molar-refractivity contribution in [1.82, 2.24) is 10.6 Å². The van der Waals surface area contributed by atoms with Crippen molar-refractivity contribution in [3.05, 3.63) is 53.1 Å². The van der Waals surface area contributed by atoms with Crippen molar-refractivity contribution in [2.75, 3.05) is 21.3 Å². The van der Waals surface area contributed by atoms with Gasteiger partial charge in [0.15, 0.2) is 5.96 Å². The van der Waals surface area contributed by atoms with E-state index in [1.54, 1.807) is 21.3 Å². The maximum atomic E-state index is 5.87. The van der Waals surface area contributed by atoms with E-state index in [-0.39, 0.29) is 6.10 Å². The summed E-state index contributed by atoms with van der Waals surface area (Å²) in [6.07, 6.45) is 1.13. The summed E-state index contributed by atoms with van der Waals surface area (Å²) in [7, 11) is 5.12. The Morgan fingerprint density at radius 1 is 1.15 bits per heavy atom. The van der Waals surface area contributed by atoms with Gasteiger partial charge in [-0.1, -0.05) is 12.1 Å². The van der Waals surface area contributed by atoms with Gasteiger partial charge < -0.3 is 24.8 Å². The first-order valence-electron chi connectivity index (χ1n) is 9.06. The van der Waals surface area contributed by atoms with Crippen LogP contribution in [0.2, 0.25) is 0 Å². The predicted octanol–water partition coefficient (Wildman–Crippen LogP) is 2.89. The Kier molecular flexibility index (Phi) is 6.06. The molecule has 1 aliphatic rings. The van der Waals surface area contributed by atoms with Gasteiger partial charge in [-0.3, -0.25) is 4.99 Å². The molecule has 1 aliphatic heterocycles. The van der Waals surface area contributed by atoms with Crippen LogP contribution in [0.3, 0.4) is 0 Å². The van der Waals surface area contributed by atoms with Crippen LogP contribution in [0.5, 0.6) is 17.2 Å². The minimum atomic E-state index is 0.213. The van der Waals surface area contributed by atoms with Gasteiger partial charge in [0.25, 0.3) is 0 Å². The lowest BCUT2D eigenvalue weighted by Crippen LogP contribution is -2.36. The van der Waals surface area contributed by atoms with Crippen LogP contribution in [0.4, 0.5) is 0 Å². The van der Waals surface area contributed by atoms with Gasteiger partial charge in [0.2, 0.25) is 0 Å². The van der Waals surface area contributed by atoms with Crippen LogP contribution in [-0.2, 0) is 19.5 Å². The maximum absolute atomic E-state index is 5.87. The van der Waals surface area contributed by atoms with Crippen LogP contribution in [0.1, 0.15) is 23.6 Å². The first kappa shape index (κ1) is 18.9. The Morgan fingerprint density at radius 3 is 2.70 bits per heavy atom. The molecule has 0 spiro atoms. The van der Waals surface area contributed by atoms with E-state index in [4.69, 9.17) is 14.2 Å². The van der Waals surface area contributed by atoms with Crippen LogP contribution >= 0.6 is 0 Å². The number of nitrogens with zero attached hydrogens (tertiary/aromatic N) is 1. The standard InChI is InChI=1S/C21H27N3O3/c1-14-8-16-10-19(26-4)17(11-20(16)27-14)13-24-21(22-2)23-12-15-6-5-7-18(9-15)25-3/h5-7,9-11,14H,8,12-13H2,1-4H3,(H2,22,23,24). The summed E-state index contributed by atoms with van der Waals surface area (Å²) in [6.45, 7) is 3.32. The Bertz CT molecular complexity index is 820. The zero-order valence-electron chi connectivity index (χ0n) is 16.3. The molecule has 0 saturated heterocycles. The van der Waals surface area contributed by atoms with Gasteiger partial charge in [-0.25, -0.2) is 0 Å². The van der Waals surface area contributed by atoms with Crippen LogP contribution in [0.25, 0.3) is 0 Å². The minimum Gasteiger partial charge on any atom is -0.497 e. The molecule has 0 bridgehead atoms. The van der Waals surface area contributed by atoms with Gasteiger partial charge in [0.05, 0.1) is 14.2 Å². The molecule has 1 heterocycles. The van der Waals surface area contributed by atoms with E-state index in [2.05, 4.69) is 34.7 Å². The molecular formula is C21H27N3O3. The number of nitrogens with one attached hydrogen (secondary N) is 2. The second-order valence-electron chi connectivity index (χ2n) is 6.54. The Balaban J connectivity index is 1.62. The summed E-state index contributed by atoms with van der Waals surface area (Å²) < 4.78 is 16.7. The molecule has 2 N–H and O–H groups in total. The molecule has 27 heavy (non-hydrogen) atoms. The van der Waals surface area contributed by atoms with E-state index in [0.717, 1.165) is 40.8 Å². The molecular weight excluding hydrogens is 342 g/mol. The Hall–Kier alpha value is -2.89. The first-order valence-corrected chi connectivity index (χ1v) is 9.06. The van der Waals surface area contributed by atoms with Gasteiger partial charge in [-0.2, -0.15) is 0 Å². The van der Waals surface area contributed by atoms with E-state index < -0.39 is 0 Å². The SMILES string of the molecule is CN=C(NCc1cccc(OC)c1)NCc1cc2c(cc1OC)CC(C)O2. The quantitative estimate of drug-likeness (QED) is 0.606. The van der Waals surface area contributed by atoms with E-state index in [1.807, 2.05) is 24.3 Å². The molecule has 0 fully saturated rings. The number of fused-ring (bicyclic) bond motifs is 1. The van der Waals surface area contributed by atoms with Crippen molar-refractivity contribution in [3.8, 4) is 17.2 Å². The lowest BCUT2D eigenvalue weighted by atomic mass is 10.1. The molecule has 2 aromatic rings. The average Bonchev–Trinajstić information content (AvgIpc) is 3.06. The van der Waals surface area contributed by atoms with Crippen molar-refractivity contribution in [2.45, 2.75) is 32.5 Å². The highest BCUT2D eigenvalue weighted by Crippen LogP contribution is 2.34. The normalized spacial score (nSPS) is 15.7. The molecule has 0 aromatic heterocycles. The lowest BCUT2D eigenvalue weighted by Gasteiger charge is -2.15. The molecule has 0 aliphatic carbocycles.